The number of ether oxygens (including phenoxy) is 1. The average Bonchev–Trinajstić information content (AvgIpc) is 2.49. The van der Waals surface area contributed by atoms with Gasteiger partial charge in [0.25, 0.3) is 0 Å². The molecule has 0 aromatic heterocycles. The zero-order valence-corrected chi connectivity index (χ0v) is 12.5. The maximum atomic E-state index is 5.59. The van der Waals surface area contributed by atoms with E-state index in [4.69, 9.17) is 4.74 Å². The molecule has 1 heteroatoms. The number of rotatable bonds is 3. The number of para-hydroxylation sites is 1. The van der Waals surface area contributed by atoms with Crippen molar-refractivity contribution >= 4 is 0 Å². The summed E-state index contributed by atoms with van der Waals surface area (Å²) in [5.41, 5.74) is 1.19. The van der Waals surface area contributed by atoms with E-state index < -0.39 is 0 Å². The van der Waals surface area contributed by atoms with E-state index in [-0.39, 0.29) is 0 Å². The van der Waals surface area contributed by atoms with Crippen LogP contribution in [0.2, 0.25) is 0 Å². The van der Waals surface area contributed by atoms with Gasteiger partial charge in [-0.2, -0.15) is 0 Å². The Morgan fingerprint density at radius 3 is 1.65 bits per heavy atom. The summed E-state index contributed by atoms with van der Waals surface area (Å²) in [6.45, 7) is 11.1. The third-order valence-corrected chi connectivity index (χ3v) is 1.99. The predicted molar refractivity (Wildman–Crippen MR) is 89.0 cm³/mol. The Balaban J connectivity index is 0.000000520. The van der Waals surface area contributed by atoms with Crippen LogP contribution in [0.5, 0.6) is 5.75 Å². The van der Waals surface area contributed by atoms with Gasteiger partial charge in [-0.3, -0.25) is 0 Å². The molecule has 0 fully saturated rings. The molecule has 0 radical (unpaired) electrons. The highest BCUT2D eigenvalue weighted by atomic mass is 16.5. The second-order valence-corrected chi connectivity index (χ2v) is 3.90. The van der Waals surface area contributed by atoms with E-state index in [1.807, 2.05) is 62.4 Å². The van der Waals surface area contributed by atoms with Crippen LogP contribution in [0.15, 0.2) is 86.0 Å². The molecule has 106 valence electrons. The van der Waals surface area contributed by atoms with Gasteiger partial charge in [-0.25, -0.2) is 0 Å². The molecule has 2 aromatic rings. The third kappa shape index (κ3) is 9.72. The Hall–Kier alpha value is -2.28. The predicted octanol–water partition coefficient (Wildman–Crippen LogP) is 5.65. The van der Waals surface area contributed by atoms with Crippen LogP contribution in [0.25, 0.3) is 0 Å². The van der Waals surface area contributed by atoms with Gasteiger partial charge < -0.3 is 4.74 Å². The summed E-state index contributed by atoms with van der Waals surface area (Å²) < 4.78 is 5.59. The Kier molecular flexibility index (Phi) is 11.7. The Morgan fingerprint density at radius 2 is 1.20 bits per heavy atom. The quantitative estimate of drug-likeness (QED) is 0.653. The lowest BCUT2D eigenvalue weighted by atomic mass is 10.2. The largest absolute Gasteiger partial charge is 0.489 e. The van der Waals surface area contributed by atoms with Crippen molar-refractivity contribution in [2.24, 2.45) is 0 Å². The van der Waals surface area contributed by atoms with Gasteiger partial charge in [0.1, 0.15) is 12.4 Å². The molecule has 1 nitrogen and oxygen atoms in total. The highest BCUT2D eigenvalue weighted by molar-refractivity contribution is 5.22. The molecule has 0 heterocycles. The number of allylic oxidation sites excluding steroid dienone is 2. The summed E-state index contributed by atoms with van der Waals surface area (Å²) in [7, 11) is 0. The zero-order chi connectivity index (χ0) is 15.1. The SMILES string of the molecule is C=CC.C=CC.c1ccc(COc2ccccc2)cc1. The molecule has 0 amide bonds. The smallest absolute Gasteiger partial charge is 0.119 e. The summed E-state index contributed by atoms with van der Waals surface area (Å²) >= 11 is 0. The van der Waals surface area contributed by atoms with Crippen molar-refractivity contribution in [2.75, 3.05) is 0 Å². The van der Waals surface area contributed by atoms with Gasteiger partial charge in [-0.1, -0.05) is 60.7 Å². The summed E-state index contributed by atoms with van der Waals surface area (Å²) in [6, 6.07) is 20.0. The van der Waals surface area contributed by atoms with Crippen LogP contribution in [-0.4, -0.2) is 0 Å². The molecule has 0 aliphatic rings. The van der Waals surface area contributed by atoms with Gasteiger partial charge in [0.15, 0.2) is 0 Å². The van der Waals surface area contributed by atoms with E-state index in [0.717, 1.165) is 5.75 Å². The highest BCUT2D eigenvalue weighted by Crippen LogP contribution is 2.10. The molecule has 20 heavy (non-hydrogen) atoms. The van der Waals surface area contributed by atoms with Crippen molar-refractivity contribution in [3.63, 3.8) is 0 Å². The van der Waals surface area contributed by atoms with Crippen molar-refractivity contribution in [3.8, 4) is 5.75 Å². The Labute approximate surface area is 123 Å². The molecule has 0 saturated heterocycles. The van der Waals surface area contributed by atoms with Gasteiger partial charge in [-0.05, 0) is 31.5 Å². The molecular formula is C19H24O. The Bertz CT molecular complexity index is 400. The minimum absolute atomic E-state index is 0.630. The fourth-order valence-electron chi connectivity index (χ4n) is 1.26. The van der Waals surface area contributed by atoms with Crippen LogP contribution in [0, 0.1) is 0 Å². The highest BCUT2D eigenvalue weighted by Gasteiger charge is 1.92. The average molecular weight is 268 g/mol. The molecule has 0 aliphatic heterocycles. The minimum atomic E-state index is 0.630. The first kappa shape index (κ1) is 17.7. The van der Waals surface area contributed by atoms with Crippen LogP contribution >= 0.6 is 0 Å². The van der Waals surface area contributed by atoms with Gasteiger partial charge in [0.2, 0.25) is 0 Å². The summed E-state index contributed by atoms with van der Waals surface area (Å²) in [6.07, 6.45) is 3.50. The molecule has 0 bridgehead atoms. The lowest BCUT2D eigenvalue weighted by Gasteiger charge is -2.05. The second-order valence-electron chi connectivity index (χ2n) is 3.90. The van der Waals surface area contributed by atoms with Crippen LogP contribution < -0.4 is 4.74 Å². The van der Waals surface area contributed by atoms with Crippen LogP contribution in [-0.2, 0) is 6.61 Å². The molecule has 0 unspecified atom stereocenters. The number of hydrogen-bond acceptors (Lipinski definition) is 1. The van der Waals surface area contributed by atoms with Crippen molar-refractivity contribution in [1.29, 1.82) is 0 Å². The van der Waals surface area contributed by atoms with Crippen molar-refractivity contribution < 1.29 is 4.74 Å². The van der Waals surface area contributed by atoms with Crippen LogP contribution in [0.1, 0.15) is 19.4 Å². The summed E-state index contributed by atoms with van der Waals surface area (Å²) in [5, 5.41) is 0. The van der Waals surface area contributed by atoms with Gasteiger partial charge >= 0.3 is 0 Å². The minimum Gasteiger partial charge on any atom is -0.489 e. The van der Waals surface area contributed by atoms with E-state index in [1.54, 1.807) is 12.2 Å². The zero-order valence-electron chi connectivity index (χ0n) is 12.5. The molecular weight excluding hydrogens is 244 g/mol. The lowest BCUT2D eigenvalue weighted by molar-refractivity contribution is 0.306. The van der Waals surface area contributed by atoms with Crippen molar-refractivity contribution in [1.82, 2.24) is 0 Å². The normalized spacial score (nSPS) is 8.10. The van der Waals surface area contributed by atoms with E-state index in [0.29, 0.717) is 6.61 Å². The fourth-order valence-corrected chi connectivity index (χ4v) is 1.26. The van der Waals surface area contributed by atoms with E-state index in [1.165, 1.54) is 5.56 Å². The van der Waals surface area contributed by atoms with E-state index >= 15 is 0 Å². The van der Waals surface area contributed by atoms with Crippen LogP contribution in [0.3, 0.4) is 0 Å². The molecule has 2 rings (SSSR count). The molecule has 0 N–H and O–H groups in total. The summed E-state index contributed by atoms with van der Waals surface area (Å²) in [5.74, 6) is 0.913. The maximum absolute atomic E-state index is 5.59. The van der Waals surface area contributed by atoms with Gasteiger partial charge in [0, 0.05) is 0 Å². The fraction of sp³-hybridized carbons (Fsp3) is 0.158. The van der Waals surface area contributed by atoms with E-state index in [9.17, 15) is 0 Å². The summed E-state index contributed by atoms with van der Waals surface area (Å²) in [4.78, 5) is 0. The molecule has 0 atom stereocenters. The first-order valence-corrected chi connectivity index (χ1v) is 6.64. The topological polar surface area (TPSA) is 9.23 Å². The second kappa shape index (κ2) is 13.2. The standard InChI is InChI=1S/C13H12O.2C3H6/c1-3-7-12(8-4-1)11-14-13-9-5-2-6-10-13;2*1-3-2/h1-10H,11H2;2*3H,1H2,2H3. The van der Waals surface area contributed by atoms with E-state index in [2.05, 4.69) is 25.3 Å². The van der Waals surface area contributed by atoms with Crippen LogP contribution in [0.4, 0.5) is 0 Å². The number of benzene rings is 2. The van der Waals surface area contributed by atoms with Crippen molar-refractivity contribution in [2.45, 2.75) is 20.5 Å². The van der Waals surface area contributed by atoms with Crippen molar-refractivity contribution in [3.05, 3.63) is 91.5 Å². The lowest BCUT2D eigenvalue weighted by Crippen LogP contribution is -1.94. The number of hydrogen-bond donors (Lipinski definition) is 0. The maximum Gasteiger partial charge on any atom is 0.119 e. The van der Waals surface area contributed by atoms with Gasteiger partial charge in [0.05, 0.1) is 0 Å². The molecule has 2 aromatic carbocycles. The molecule has 0 spiro atoms. The molecule has 0 aliphatic carbocycles. The Morgan fingerprint density at radius 1 is 0.800 bits per heavy atom. The first-order chi connectivity index (χ1) is 9.78. The molecule has 0 saturated carbocycles. The van der Waals surface area contributed by atoms with Gasteiger partial charge in [-0.15, -0.1) is 13.2 Å². The first-order valence-electron chi connectivity index (χ1n) is 6.64. The monoisotopic (exact) mass is 268 g/mol. The third-order valence-electron chi connectivity index (χ3n) is 1.99.